The lowest BCUT2D eigenvalue weighted by Crippen LogP contribution is -2.50. The largest absolute Gasteiger partial charge is 0.352 e. The lowest BCUT2D eigenvalue weighted by atomic mass is 10.1. The molecule has 148 valence electrons. The Morgan fingerprint density at radius 1 is 1.26 bits per heavy atom. The Kier molecular flexibility index (Phi) is 8.06. The number of benzene rings is 1. The van der Waals surface area contributed by atoms with Crippen LogP contribution in [0.2, 0.25) is 5.02 Å². The van der Waals surface area contributed by atoms with Crippen molar-refractivity contribution in [2.45, 2.75) is 32.2 Å². The molecule has 1 aliphatic heterocycles. The number of amides is 3. The first-order chi connectivity index (χ1) is 12.9. The number of piperidine rings is 1. The van der Waals surface area contributed by atoms with Gasteiger partial charge in [0.1, 0.15) is 0 Å². The van der Waals surface area contributed by atoms with Crippen LogP contribution in [0.3, 0.4) is 0 Å². The van der Waals surface area contributed by atoms with Crippen LogP contribution in [0, 0.1) is 0 Å². The molecule has 27 heavy (non-hydrogen) atoms. The van der Waals surface area contributed by atoms with Gasteiger partial charge in [0.2, 0.25) is 17.7 Å². The lowest BCUT2D eigenvalue weighted by Gasteiger charge is -2.33. The Hall–Kier alpha value is -2.12. The second-order valence-corrected chi connectivity index (χ2v) is 7.18. The van der Waals surface area contributed by atoms with Gasteiger partial charge in [-0.15, -0.1) is 0 Å². The van der Waals surface area contributed by atoms with Crippen LogP contribution in [0.5, 0.6) is 0 Å². The van der Waals surface area contributed by atoms with Crippen LogP contribution in [0.1, 0.15) is 26.2 Å². The zero-order valence-electron chi connectivity index (χ0n) is 15.8. The van der Waals surface area contributed by atoms with Gasteiger partial charge in [-0.1, -0.05) is 30.7 Å². The summed E-state index contributed by atoms with van der Waals surface area (Å²) in [6.07, 6.45) is 2.31. The van der Waals surface area contributed by atoms with Crippen molar-refractivity contribution in [1.29, 1.82) is 0 Å². The third-order valence-electron chi connectivity index (χ3n) is 4.51. The molecule has 1 fully saturated rings. The van der Waals surface area contributed by atoms with Gasteiger partial charge in [-0.2, -0.15) is 0 Å². The molecule has 1 atom stereocenters. The summed E-state index contributed by atoms with van der Waals surface area (Å²) in [6, 6.07) is 7.03. The molecular weight excluding hydrogens is 368 g/mol. The summed E-state index contributed by atoms with van der Waals surface area (Å²) < 4.78 is 0. The number of likely N-dealkylation sites (tertiary alicyclic amines) is 1. The predicted molar refractivity (Wildman–Crippen MR) is 106 cm³/mol. The van der Waals surface area contributed by atoms with E-state index in [-0.39, 0.29) is 36.9 Å². The summed E-state index contributed by atoms with van der Waals surface area (Å²) in [7, 11) is 1.61. The van der Waals surface area contributed by atoms with E-state index in [1.54, 1.807) is 31.3 Å². The van der Waals surface area contributed by atoms with Crippen molar-refractivity contribution in [2.24, 2.45) is 0 Å². The minimum absolute atomic E-state index is 0.0292. The van der Waals surface area contributed by atoms with Gasteiger partial charge < -0.3 is 15.5 Å². The van der Waals surface area contributed by atoms with Crippen molar-refractivity contribution in [3.05, 3.63) is 29.3 Å². The van der Waals surface area contributed by atoms with E-state index in [4.69, 9.17) is 11.6 Å². The quantitative estimate of drug-likeness (QED) is 0.737. The van der Waals surface area contributed by atoms with Crippen molar-refractivity contribution in [3.63, 3.8) is 0 Å². The van der Waals surface area contributed by atoms with Gasteiger partial charge in [0.25, 0.3) is 0 Å². The highest BCUT2D eigenvalue weighted by atomic mass is 35.5. The summed E-state index contributed by atoms with van der Waals surface area (Å²) in [4.78, 5) is 39.6. The predicted octanol–water partition coefficient (Wildman–Crippen LogP) is 1.73. The van der Waals surface area contributed by atoms with Crippen LogP contribution in [0.4, 0.5) is 5.69 Å². The standard InChI is InChI=1S/C19H27ClN4O3/c1-3-17(25)21-14-7-6-10-24(11-14)13-19(27)23(2)12-18(26)22-16-9-5-4-8-15(16)20/h4-5,8-9,14H,3,6-7,10-13H2,1-2H3,(H,21,25)(H,22,26). The van der Waals surface area contributed by atoms with Gasteiger partial charge >= 0.3 is 0 Å². The molecule has 0 saturated carbocycles. The second-order valence-electron chi connectivity index (χ2n) is 6.77. The second kappa shape index (κ2) is 10.3. The molecule has 1 unspecified atom stereocenters. The highest BCUT2D eigenvalue weighted by Crippen LogP contribution is 2.20. The average Bonchev–Trinajstić information content (AvgIpc) is 2.63. The fourth-order valence-electron chi connectivity index (χ4n) is 3.01. The number of carbonyl (C=O) groups is 3. The summed E-state index contributed by atoms with van der Waals surface area (Å²) in [5, 5.41) is 6.14. The third-order valence-corrected chi connectivity index (χ3v) is 4.83. The number of anilines is 1. The molecule has 0 bridgehead atoms. The first-order valence-electron chi connectivity index (χ1n) is 9.19. The number of nitrogens with one attached hydrogen (secondary N) is 2. The van der Waals surface area contributed by atoms with Crippen molar-refractivity contribution in [2.75, 3.05) is 38.5 Å². The summed E-state index contributed by atoms with van der Waals surface area (Å²) in [5.74, 6) is -0.404. The van der Waals surface area contributed by atoms with Crippen LogP contribution in [-0.4, -0.2) is 66.8 Å². The van der Waals surface area contributed by atoms with Crippen LogP contribution < -0.4 is 10.6 Å². The fraction of sp³-hybridized carbons (Fsp3) is 0.526. The minimum atomic E-state index is -0.300. The summed E-state index contributed by atoms with van der Waals surface area (Å²) in [6.45, 7) is 3.46. The molecule has 1 saturated heterocycles. The summed E-state index contributed by atoms with van der Waals surface area (Å²) in [5.41, 5.74) is 0.524. The molecule has 7 nitrogen and oxygen atoms in total. The Bertz CT molecular complexity index is 683. The smallest absolute Gasteiger partial charge is 0.244 e. The number of para-hydroxylation sites is 1. The van der Waals surface area contributed by atoms with Gasteiger partial charge in [0.15, 0.2) is 0 Å². The van der Waals surface area contributed by atoms with Crippen LogP contribution in [-0.2, 0) is 14.4 Å². The van der Waals surface area contributed by atoms with Crippen LogP contribution in [0.25, 0.3) is 0 Å². The van der Waals surface area contributed by atoms with Gasteiger partial charge in [-0.3, -0.25) is 19.3 Å². The van der Waals surface area contributed by atoms with E-state index in [1.165, 1.54) is 4.90 Å². The van der Waals surface area contributed by atoms with E-state index in [9.17, 15) is 14.4 Å². The molecular formula is C19H27ClN4O3. The molecule has 8 heteroatoms. The molecule has 1 heterocycles. The summed E-state index contributed by atoms with van der Waals surface area (Å²) >= 11 is 6.02. The third kappa shape index (κ3) is 6.84. The molecule has 0 spiro atoms. The minimum Gasteiger partial charge on any atom is -0.352 e. The number of rotatable bonds is 7. The van der Waals surface area contributed by atoms with Crippen LogP contribution >= 0.6 is 11.6 Å². The zero-order valence-corrected chi connectivity index (χ0v) is 16.6. The lowest BCUT2D eigenvalue weighted by molar-refractivity contribution is -0.134. The number of hydrogen-bond acceptors (Lipinski definition) is 4. The normalized spacial score (nSPS) is 17.2. The number of hydrogen-bond donors (Lipinski definition) is 2. The number of likely N-dealkylation sites (N-methyl/N-ethyl adjacent to an activating group) is 1. The van der Waals surface area contributed by atoms with Crippen molar-refractivity contribution in [3.8, 4) is 0 Å². The molecule has 1 aliphatic rings. The zero-order chi connectivity index (χ0) is 19.8. The molecule has 0 aromatic heterocycles. The van der Waals surface area contributed by atoms with E-state index >= 15 is 0 Å². The number of nitrogens with zero attached hydrogens (tertiary/aromatic N) is 2. The van der Waals surface area contributed by atoms with E-state index in [0.717, 1.165) is 19.4 Å². The molecule has 3 amide bonds. The maximum absolute atomic E-state index is 12.4. The van der Waals surface area contributed by atoms with Crippen molar-refractivity contribution >= 4 is 35.0 Å². The van der Waals surface area contributed by atoms with Crippen molar-refractivity contribution < 1.29 is 14.4 Å². The molecule has 2 rings (SSSR count). The van der Waals surface area contributed by atoms with E-state index in [0.29, 0.717) is 23.7 Å². The Morgan fingerprint density at radius 3 is 2.70 bits per heavy atom. The van der Waals surface area contributed by atoms with E-state index < -0.39 is 0 Å². The Labute approximate surface area is 165 Å². The molecule has 1 aromatic rings. The number of halogens is 1. The molecule has 1 aromatic carbocycles. The first-order valence-corrected chi connectivity index (χ1v) is 9.57. The fourth-order valence-corrected chi connectivity index (χ4v) is 3.20. The highest BCUT2D eigenvalue weighted by molar-refractivity contribution is 6.33. The highest BCUT2D eigenvalue weighted by Gasteiger charge is 2.24. The molecule has 0 aliphatic carbocycles. The average molecular weight is 395 g/mol. The monoisotopic (exact) mass is 394 g/mol. The molecule has 0 radical (unpaired) electrons. The van der Waals surface area contributed by atoms with Gasteiger partial charge in [-0.25, -0.2) is 0 Å². The van der Waals surface area contributed by atoms with Crippen molar-refractivity contribution in [1.82, 2.24) is 15.1 Å². The van der Waals surface area contributed by atoms with Gasteiger partial charge in [-0.05, 0) is 31.5 Å². The van der Waals surface area contributed by atoms with E-state index in [1.807, 2.05) is 11.8 Å². The topological polar surface area (TPSA) is 81.8 Å². The maximum Gasteiger partial charge on any atom is 0.244 e. The molecule has 2 N–H and O–H groups in total. The van der Waals surface area contributed by atoms with Crippen LogP contribution in [0.15, 0.2) is 24.3 Å². The van der Waals surface area contributed by atoms with Gasteiger partial charge in [0, 0.05) is 26.1 Å². The number of carbonyl (C=O) groups excluding carboxylic acids is 3. The Balaban J connectivity index is 1.80. The Morgan fingerprint density at radius 2 is 2.00 bits per heavy atom. The maximum atomic E-state index is 12.4. The SMILES string of the molecule is CCC(=O)NC1CCCN(CC(=O)N(C)CC(=O)Nc2ccccc2Cl)C1. The van der Waals surface area contributed by atoms with Gasteiger partial charge in [0.05, 0.1) is 23.8 Å². The first kappa shape index (κ1) is 21.2. The van der Waals surface area contributed by atoms with E-state index in [2.05, 4.69) is 10.6 Å².